The van der Waals surface area contributed by atoms with E-state index >= 15 is 0 Å². The largest absolute Gasteiger partial charge is 3.00 e. The van der Waals surface area contributed by atoms with Gasteiger partial charge in [-0.2, -0.15) is 0 Å². The van der Waals surface area contributed by atoms with Crippen LogP contribution < -0.4 is 15.9 Å². The fourth-order valence-corrected chi connectivity index (χ4v) is 5.78. The van der Waals surface area contributed by atoms with Crippen LogP contribution in [0.1, 0.15) is 32.1 Å². The van der Waals surface area contributed by atoms with Gasteiger partial charge in [-0.1, -0.05) is 86.7 Å². The minimum absolute atomic E-state index is 0. The molecule has 1 nitrogen and oxygen atoms in total. The average molecular weight is 466 g/mol. The molecule has 1 aliphatic carbocycles. The molecule has 27 heavy (non-hydrogen) atoms. The Balaban J connectivity index is 0.000000390. The zero-order valence-electron chi connectivity index (χ0n) is 15.6. The fourth-order valence-electron chi connectivity index (χ4n) is 3.20. The van der Waals surface area contributed by atoms with E-state index < -0.39 is 7.92 Å². The van der Waals surface area contributed by atoms with E-state index in [0.29, 0.717) is 0 Å². The Morgan fingerprint density at radius 2 is 0.704 bits per heavy atom. The normalized spacial score (nSPS) is 12.0. The van der Waals surface area contributed by atoms with Crippen LogP contribution in [0, 0.1) is 0 Å². The third-order valence-electron chi connectivity index (χ3n) is 4.44. The predicted octanol–water partition coefficient (Wildman–Crippen LogP) is 4.94. The second kappa shape index (κ2) is 14.4. The Labute approximate surface area is 177 Å². The monoisotopic (exact) mass is 466 g/mol. The van der Waals surface area contributed by atoms with Crippen LogP contribution in [0.2, 0.25) is 0 Å². The van der Waals surface area contributed by atoms with Gasteiger partial charge in [0, 0.05) is 0 Å². The van der Waals surface area contributed by atoms with Crippen molar-refractivity contribution in [3.8, 4) is 0 Å². The second-order valence-corrected chi connectivity index (χ2v) is 8.72. The Hall–Kier alpha value is -1.62. The summed E-state index contributed by atoms with van der Waals surface area (Å²) in [5, 5.41) is 4.31. The molecule has 0 atom stereocenters. The first-order chi connectivity index (χ1) is 12.9. The molecule has 0 amide bonds. The minimum atomic E-state index is -0.877. The van der Waals surface area contributed by atoms with Crippen LogP contribution in [0.15, 0.2) is 91.0 Å². The molecular formula is C24H28OPRh+4. The van der Waals surface area contributed by atoms with E-state index in [0.717, 1.165) is 0 Å². The van der Waals surface area contributed by atoms with Gasteiger partial charge in [-0.05, 0) is 36.4 Å². The summed E-state index contributed by atoms with van der Waals surface area (Å²) in [5.74, 6) is 0. The Bertz CT molecular complexity index is 614. The molecule has 0 spiro atoms. The van der Waals surface area contributed by atoms with Crippen LogP contribution in [0.4, 0.5) is 0 Å². The number of carbonyl (C=O) groups excluding carboxylic acids is 1. The van der Waals surface area contributed by atoms with Crippen LogP contribution in [0.25, 0.3) is 0 Å². The SMILES string of the molecule is C1CCCC1.C=O.[Rh+3].c1ccc([PH+](c2ccccc2)c2ccccc2)cc1. The molecule has 0 N–H and O–H groups in total. The molecule has 1 fully saturated rings. The predicted molar refractivity (Wildman–Crippen MR) is 117 cm³/mol. The van der Waals surface area contributed by atoms with Crippen LogP contribution in [0.3, 0.4) is 0 Å². The quantitative estimate of drug-likeness (QED) is 0.395. The third kappa shape index (κ3) is 7.88. The van der Waals surface area contributed by atoms with Gasteiger partial charge in [-0.3, -0.25) is 0 Å². The smallest absolute Gasteiger partial charge is 0.307 e. The number of hydrogen-bond donors (Lipinski definition) is 0. The Morgan fingerprint density at radius 1 is 0.481 bits per heavy atom. The Kier molecular flexibility index (Phi) is 12.5. The van der Waals surface area contributed by atoms with E-state index in [1.807, 2.05) is 6.79 Å². The molecule has 0 saturated heterocycles. The van der Waals surface area contributed by atoms with Crippen molar-refractivity contribution < 1.29 is 24.3 Å². The van der Waals surface area contributed by atoms with Gasteiger partial charge in [0.2, 0.25) is 0 Å². The first-order valence-electron chi connectivity index (χ1n) is 9.27. The van der Waals surface area contributed by atoms with E-state index in [4.69, 9.17) is 4.79 Å². The molecule has 4 rings (SSSR count). The average Bonchev–Trinajstić information content (AvgIpc) is 3.33. The summed E-state index contributed by atoms with van der Waals surface area (Å²) in [6, 6.07) is 32.5. The molecule has 0 aromatic heterocycles. The van der Waals surface area contributed by atoms with Gasteiger partial charge in [0.15, 0.2) is 0 Å². The van der Waals surface area contributed by atoms with Gasteiger partial charge in [-0.15, -0.1) is 0 Å². The maximum Gasteiger partial charge on any atom is 3.00 e. The molecule has 3 aromatic rings. The second-order valence-electron chi connectivity index (χ2n) is 6.24. The van der Waals surface area contributed by atoms with E-state index in [1.54, 1.807) is 0 Å². The van der Waals surface area contributed by atoms with Crippen molar-refractivity contribution in [1.29, 1.82) is 0 Å². The molecule has 0 unspecified atom stereocenters. The molecule has 0 aliphatic heterocycles. The maximum absolute atomic E-state index is 8.00. The van der Waals surface area contributed by atoms with Crippen LogP contribution in [0.5, 0.6) is 0 Å². The Morgan fingerprint density at radius 3 is 0.926 bits per heavy atom. The van der Waals surface area contributed by atoms with Crippen molar-refractivity contribution in [2.24, 2.45) is 0 Å². The zero-order chi connectivity index (χ0) is 18.5. The van der Waals surface area contributed by atoms with Gasteiger partial charge >= 0.3 is 19.5 Å². The first kappa shape index (κ1) is 23.4. The minimum Gasteiger partial charge on any atom is -0.307 e. The summed E-state index contributed by atoms with van der Waals surface area (Å²) in [4.78, 5) is 8.00. The number of carbonyl (C=O) groups is 1. The van der Waals surface area contributed by atoms with Crippen molar-refractivity contribution in [3.63, 3.8) is 0 Å². The topological polar surface area (TPSA) is 17.1 Å². The summed E-state index contributed by atoms with van der Waals surface area (Å²) in [6.45, 7) is 2.00. The maximum atomic E-state index is 8.00. The summed E-state index contributed by atoms with van der Waals surface area (Å²) in [5.41, 5.74) is 0. The van der Waals surface area contributed by atoms with Gasteiger partial charge in [0.25, 0.3) is 0 Å². The molecule has 0 heterocycles. The number of benzene rings is 3. The summed E-state index contributed by atoms with van der Waals surface area (Å²) in [6.07, 6.45) is 7.50. The van der Waals surface area contributed by atoms with E-state index in [2.05, 4.69) is 91.0 Å². The van der Waals surface area contributed by atoms with Gasteiger partial charge in [-0.25, -0.2) is 0 Å². The molecule has 0 bridgehead atoms. The standard InChI is InChI=1S/C18H15P.C5H10.CH2O.Rh/c1-4-10-16(11-5-1)19(17-12-6-2-7-13-17)18-14-8-3-9-15-18;1-2-4-5-3-1;1-2;/h1-15H;1-5H2;1H2;/q;;;+3/p+1. The van der Waals surface area contributed by atoms with Gasteiger partial charge in [0.1, 0.15) is 22.7 Å². The van der Waals surface area contributed by atoms with Crippen LogP contribution in [-0.2, 0) is 24.3 Å². The molecule has 3 heteroatoms. The molecule has 1 saturated carbocycles. The van der Waals surface area contributed by atoms with E-state index in [9.17, 15) is 0 Å². The summed E-state index contributed by atoms with van der Waals surface area (Å²) >= 11 is 0. The van der Waals surface area contributed by atoms with Crippen molar-refractivity contribution in [3.05, 3.63) is 91.0 Å². The van der Waals surface area contributed by atoms with Crippen LogP contribution >= 0.6 is 7.92 Å². The number of rotatable bonds is 3. The van der Waals surface area contributed by atoms with Crippen molar-refractivity contribution >= 4 is 30.6 Å². The molecule has 140 valence electrons. The molecule has 3 aromatic carbocycles. The van der Waals surface area contributed by atoms with Crippen molar-refractivity contribution in [1.82, 2.24) is 0 Å². The van der Waals surface area contributed by atoms with Crippen molar-refractivity contribution in [2.45, 2.75) is 32.1 Å². The van der Waals surface area contributed by atoms with Crippen molar-refractivity contribution in [2.75, 3.05) is 0 Å². The first-order valence-corrected chi connectivity index (χ1v) is 10.8. The van der Waals surface area contributed by atoms with Gasteiger partial charge in [0.05, 0.1) is 7.92 Å². The molecule has 0 radical (unpaired) electrons. The van der Waals surface area contributed by atoms with Crippen LogP contribution in [-0.4, -0.2) is 6.79 Å². The zero-order valence-corrected chi connectivity index (χ0v) is 18.3. The third-order valence-corrected chi connectivity index (χ3v) is 7.17. The fraction of sp³-hybridized carbons (Fsp3) is 0.208. The van der Waals surface area contributed by atoms with Gasteiger partial charge < -0.3 is 4.79 Å². The molecular weight excluding hydrogens is 438 g/mol. The number of hydrogen-bond acceptors (Lipinski definition) is 1. The van der Waals surface area contributed by atoms with E-state index in [1.165, 1.54) is 48.0 Å². The summed E-state index contributed by atoms with van der Waals surface area (Å²) < 4.78 is 0. The molecule has 1 aliphatic rings. The van der Waals surface area contributed by atoms with E-state index in [-0.39, 0.29) is 19.5 Å². The summed E-state index contributed by atoms with van der Waals surface area (Å²) in [7, 11) is -0.877.